The number of benzene rings is 2. The van der Waals surface area contributed by atoms with Crippen molar-refractivity contribution in [2.45, 2.75) is 13.0 Å². The molecule has 0 saturated heterocycles. The molecule has 0 saturated carbocycles. The number of carboxylic acid groups (broad SMARTS) is 1. The van der Waals surface area contributed by atoms with E-state index in [4.69, 9.17) is 20.4 Å². The second-order valence-electron chi connectivity index (χ2n) is 6.30. The third-order valence-electron chi connectivity index (χ3n) is 3.97. The van der Waals surface area contributed by atoms with Gasteiger partial charge >= 0.3 is 11.9 Å². The molecule has 0 radical (unpaired) electrons. The van der Waals surface area contributed by atoms with Crippen LogP contribution in [0, 0.1) is 0 Å². The quantitative estimate of drug-likeness (QED) is 0.166. The molecule has 0 spiro atoms. The maximum Gasteiger partial charge on any atom is 0.341 e. The Morgan fingerprint density at radius 2 is 1.68 bits per heavy atom. The Kier molecular flexibility index (Phi) is 8.26. The summed E-state index contributed by atoms with van der Waals surface area (Å²) in [6.07, 6.45) is 1.42. The summed E-state index contributed by atoms with van der Waals surface area (Å²) in [6.45, 7) is 0.319. The zero-order valence-electron chi connectivity index (χ0n) is 16.6. The van der Waals surface area contributed by atoms with Crippen molar-refractivity contribution in [1.29, 1.82) is 0 Å². The largest absolute Gasteiger partial charge is 0.482 e. The number of nitrogens with zero attached hydrogens (tertiary/aromatic N) is 1. The minimum absolute atomic E-state index is 0.217. The van der Waals surface area contributed by atoms with Crippen LogP contribution in [0.2, 0.25) is 0 Å². The molecule has 0 bridgehead atoms. The van der Waals surface area contributed by atoms with Gasteiger partial charge < -0.3 is 25.7 Å². The molecule has 0 fully saturated rings. The van der Waals surface area contributed by atoms with E-state index in [0.717, 1.165) is 0 Å². The van der Waals surface area contributed by atoms with E-state index >= 15 is 0 Å². The molecule has 0 aromatic heterocycles. The Bertz CT molecular complexity index is 969. The first-order valence-corrected chi connectivity index (χ1v) is 9.06. The van der Waals surface area contributed by atoms with Crippen molar-refractivity contribution in [2.75, 3.05) is 13.2 Å². The first kappa shape index (κ1) is 23.1. The molecular formula is C21H21N3O7. The highest BCUT2D eigenvalue weighted by Crippen LogP contribution is 2.14. The number of hydrazone groups is 1. The van der Waals surface area contributed by atoms with Crippen molar-refractivity contribution < 1.29 is 33.8 Å². The predicted molar refractivity (Wildman–Crippen MR) is 110 cm³/mol. The summed E-state index contributed by atoms with van der Waals surface area (Å²) < 4.78 is 9.95. The number of ether oxygens (including phenoxy) is 2. The lowest BCUT2D eigenvalue weighted by molar-refractivity contribution is -0.141. The molecule has 1 atom stereocenters. The molecule has 162 valence electrons. The Morgan fingerprint density at radius 3 is 2.23 bits per heavy atom. The maximum atomic E-state index is 12.9. The first-order valence-electron chi connectivity index (χ1n) is 9.06. The third kappa shape index (κ3) is 7.28. The number of Topliss-reactive ketones (excluding diaryl/α,β-unsaturated/α-hetero) is 1. The Balaban J connectivity index is 2.14. The van der Waals surface area contributed by atoms with Gasteiger partial charge in [0.25, 0.3) is 5.91 Å². The van der Waals surface area contributed by atoms with Gasteiger partial charge in [0.15, 0.2) is 12.4 Å². The van der Waals surface area contributed by atoms with Gasteiger partial charge in [-0.3, -0.25) is 14.4 Å². The van der Waals surface area contributed by atoms with E-state index in [9.17, 15) is 19.2 Å². The van der Waals surface area contributed by atoms with Crippen LogP contribution in [0.4, 0.5) is 0 Å². The fraction of sp³-hybridized carbons (Fsp3) is 0.190. The molecule has 0 aliphatic rings. The number of nitrogens with one attached hydrogen (secondary N) is 1. The number of carbonyl (C=O) groups excluding carboxylic acids is 3. The SMILES string of the molecule is CC(=O)OC[C@H](NC(=O)c1ccc(C=NN)cc1)C(=O)c1ccc(OCC(=O)O)cc1. The van der Waals surface area contributed by atoms with E-state index in [1.807, 2.05) is 0 Å². The van der Waals surface area contributed by atoms with Gasteiger partial charge in [0, 0.05) is 18.1 Å². The van der Waals surface area contributed by atoms with Crippen molar-refractivity contribution in [2.24, 2.45) is 10.9 Å². The summed E-state index contributed by atoms with van der Waals surface area (Å²) in [5, 5.41) is 14.6. The average Bonchev–Trinajstić information content (AvgIpc) is 2.75. The molecular weight excluding hydrogens is 406 g/mol. The maximum absolute atomic E-state index is 12.9. The molecule has 2 aromatic rings. The third-order valence-corrected chi connectivity index (χ3v) is 3.97. The molecule has 4 N–H and O–H groups in total. The number of rotatable bonds is 10. The fourth-order valence-corrected chi connectivity index (χ4v) is 2.49. The van der Waals surface area contributed by atoms with Gasteiger partial charge in [-0.05, 0) is 42.0 Å². The first-order chi connectivity index (χ1) is 14.8. The van der Waals surface area contributed by atoms with Gasteiger partial charge in [0.05, 0.1) is 6.21 Å². The van der Waals surface area contributed by atoms with Crippen LogP contribution < -0.4 is 15.9 Å². The van der Waals surface area contributed by atoms with Gasteiger partial charge in [0.1, 0.15) is 18.4 Å². The van der Waals surface area contributed by atoms with Crippen LogP contribution in [0.1, 0.15) is 33.2 Å². The number of carbonyl (C=O) groups is 4. The van der Waals surface area contributed by atoms with Crippen LogP contribution in [-0.2, 0) is 14.3 Å². The second kappa shape index (κ2) is 11.1. The highest BCUT2D eigenvalue weighted by atomic mass is 16.5. The van der Waals surface area contributed by atoms with Gasteiger partial charge in [-0.2, -0.15) is 5.10 Å². The van der Waals surface area contributed by atoms with Gasteiger partial charge in [-0.1, -0.05) is 12.1 Å². The van der Waals surface area contributed by atoms with Crippen LogP contribution in [0.3, 0.4) is 0 Å². The number of esters is 1. The number of aliphatic carboxylic acids is 1. The second-order valence-corrected chi connectivity index (χ2v) is 6.30. The summed E-state index contributed by atoms with van der Waals surface area (Å²) in [5.41, 5.74) is 1.19. The molecule has 0 unspecified atom stereocenters. The Labute approximate surface area is 177 Å². The van der Waals surface area contributed by atoms with Crippen LogP contribution >= 0.6 is 0 Å². The van der Waals surface area contributed by atoms with Gasteiger partial charge in [-0.25, -0.2) is 4.79 Å². The van der Waals surface area contributed by atoms with Crippen molar-refractivity contribution in [3.05, 3.63) is 65.2 Å². The highest BCUT2D eigenvalue weighted by molar-refractivity contribution is 6.04. The van der Waals surface area contributed by atoms with Crippen LogP contribution in [0.5, 0.6) is 5.75 Å². The van der Waals surface area contributed by atoms with E-state index in [-0.39, 0.29) is 23.5 Å². The number of amides is 1. The molecule has 0 aliphatic carbocycles. The Hall–Kier alpha value is -4.21. The molecule has 1 amide bonds. The topological polar surface area (TPSA) is 157 Å². The lowest BCUT2D eigenvalue weighted by atomic mass is 10.0. The number of hydrogen-bond acceptors (Lipinski definition) is 8. The zero-order chi connectivity index (χ0) is 22.8. The van der Waals surface area contributed by atoms with Gasteiger partial charge in [-0.15, -0.1) is 0 Å². The minimum Gasteiger partial charge on any atom is -0.482 e. The molecule has 0 heterocycles. The summed E-state index contributed by atoms with van der Waals surface area (Å²) in [6, 6.07) is 10.9. The average molecular weight is 427 g/mol. The van der Waals surface area contributed by atoms with E-state index < -0.39 is 36.3 Å². The van der Waals surface area contributed by atoms with E-state index in [0.29, 0.717) is 5.56 Å². The molecule has 2 rings (SSSR count). The summed E-state index contributed by atoms with van der Waals surface area (Å²) >= 11 is 0. The number of carboxylic acids is 1. The predicted octanol–water partition coefficient (Wildman–Crippen LogP) is 0.987. The van der Waals surface area contributed by atoms with E-state index in [1.54, 1.807) is 12.1 Å². The minimum atomic E-state index is -1.13. The van der Waals surface area contributed by atoms with Crippen LogP contribution in [0.25, 0.3) is 0 Å². The molecule has 10 nitrogen and oxygen atoms in total. The molecule has 10 heteroatoms. The van der Waals surface area contributed by atoms with E-state index in [1.165, 1.54) is 49.5 Å². The molecule has 0 aliphatic heterocycles. The standard InChI is InChI=1S/C21H21N3O7/c1-13(25)30-11-18(24-21(29)16-4-2-14(3-5-16)10-23-22)20(28)15-6-8-17(9-7-15)31-12-19(26)27/h2-10,18H,11-12,22H2,1H3,(H,24,29)(H,26,27)/t18-/m0/s1. The Morgan fingerprint density at radius 1 is 1.06 bits per heavy atom. The van der Waals surface area contributed by atoms with Crippen molar-refractivity contribution >= 4 is 29.8 Å². The normalized spacial score (nSPS) is 11.5. The highest BCUT2D eigenvalue weighted by Gasteiger charge is 2.24. The van der Waals surface area contributed by atoms with Crippen molar-refractivity contribution in [1.82, 2.24) is 5.32 Å². The fourth-order valence-electron chi connectivity index (χ4n) is 2.49. The van der Waals surface area contributed by atoms with Crippen molar-refractivity contribution in [3.63, 3.8) is 0 Å². The summed E-state index contributed by atoms with van der Waals surface area (Å²) in [4.78, 5) is 47.2. The smallest absolute Gasteiger partial charge is 0.341 e. The summed E-state index contributed by atoms with van der Waals surface area (Å²) in [7, 11) is 0. The zero-order valence-corrected chi connectivity index (χ0v) is 16.6. The summed E-state index contributed by atoms with van der Waals surface area (Å²) in [5.74, 6) is 2.59. The van der Waals surface area contributed by atoms with Crippen LogP contribution in [-0.4, -0.2) is 54.2 Å². The molecule has 2 aromatic carbocycles. The van der Waals surface area contributed by atoms with Gasteiger partial charge in [0.2, 0.25) is 0 Å². The number of hydrogen-bond donors (Lipinski definition) is 3. The number of nitrogens with two attached hydrogens (primary N) is 1. The number of ketones is 1. The van der Waals surface area contributed by atoms with Crippen LogP contribution in [0.15, 0.2) is 53.6 Å². The molecule has 31 heavy (non-hydrogen) atoms. The lowest BCUT2D eigenvalue weighted by Crippen LogP contribution is -2.44. The van der Waals surface area contributed by atoms with E-state index in [2.05, 4.69) is 10.4 Å². The van der Waals surface area contributed by atoms with Crippen molar-refractivity contribution in [3.8, 4) is 5.75 Å². The monoisotopic (exact) mass is 427 g/mol. The lowest BCUT2D eigenvalue weighted by Gasteiger charge is -2.18.